The number of nitrogens with one attached hydrogen (secondary N) is 1. The number of rotatable bonds is 7. The van der Waals surface area contributed by atoms with E-state index in [0.29, 0.717) is 22.5 Å². The molecule has 1 heterocycles. The normalized spacial score (nSPS) is 12.9. The standard InChI is InChI=1S/C29H27FN4O2/c1-19-8-6-7-11-24(19)28(36)33(22-14-15-22)18-27(35)32-29-31-26(21-9-4-3-5-10-21)17-34(29)23-13-12-20(2)25(30)16-23/h3-13,16-17,22H,14-15,18H2,1-2H3,(H,31,32,35). The van der Waals surface area contributed by atoms with Gasteiger partial charge in [-0.2, -0.15) is 0 Å². The number of hydrogen-bond acceptors (Lipinski definition) is 3. The molecule has 5 rings (SSSR count). The minimum atomic E-state index is -0.358. The molecule has 7 heteroatoms. The molecule has 0 bridgehead atoms. The summed E-state index contributed by atoms with van der Waals surface area (Å²) in [5, 5.41) is 2.86. The second-order valence-electron chi connectivity index (χ2n) is 9.15. The van der Waals surface area contributed by atoms with E-state index in [2.05, 4.69) is 10.3 Å². The van der Waals surface area contributed by atoms with Crippen molar-refractivity contribution in [3.8, 4) is 16.9 Å². The molecule has 2 amide bonds. The molecule has 0 unspecified atom stereocenters. The monoisotopic (exact) mass is 482 g/mol. The number of carbonyl (C=O) groups is 2. The fraction of sp³-hybridized carbons (Fsp3) is 0.207. The van der Waals surface area contributed by atoms with Crippen molar-refractivity contribution in [2.24, 2.45) is 0 Å². The highest BCUT2D eigenvalue weighted by molar-refractivity contribution is 6.00. The van der Waals surface area contributed by atoms with Crippen LogP contribution in [0.5, 0.6) is 0 Å². The number of amides is 2. The molecule has 1 saturated carbocycles. The van der Waals surface area contributed by atoms with E-state index in [1.807, 2.05) is 55.5 Å². The van der Waals surface area contributed by atoms with Crippen LogP contribution in [0.1, 0.15) is 34.3 Å². The van der Waals surface area contributed by atoms with Crippen LogP contribution in [0.25, 0.3) is 16.9 Å². The summed E-state index contributed by atoms with van der Waals surface area (Å²) in [7, 11) is 0. The highest BCUT2D eigenvalue weighted by Crippen LogP contribution is 2.29. The predicted molar refractivity (Wildman–Crippen MR) is 138 cm³/mol. The molecule has 182 valence electrons. The first-order chi connectivity index (χ1) is 17.4. The number of anilines is 1. The molecule has 0 saturated heterocycles. The van der Waals surface area contributed by atoms with Crippen LogP contribution in [-0.4, -0.2) is 38.9 Å². The number of hydrogen-bond donors (Lipinski definition) is 1. The average Bonchev–Trinajstić information content (AvgIpc) is 3.64. The summed E-state index contributed by atoms with van der Waals surface area (Å²) < 4.78 is 16.0. The van der Waals surface area contributed by atoms with Crippen LogP contribution in [0.4, 0.5) is 10.3 Å². The average molecular weight is 483 g/mol. The minimum Gasteiger partial charge on any atom is -0.326 e. The van der Waals surface area contributed by atoms with E-state index in [1.165, 1.54) is 6.07 Å². The lowest BCUT2D eigenvalue weighted by Gasteiger charge is -2.22. The number of halogens is 1. The summed E-state index contributed by atoms with van der Waals surface area (Å²) in [6.45, 7) is 3.50. The Morgan fingerprint density at radius 3 is 2.42 bits per heavy atom. The third-order valence-electron chi connectivity index (χ3n) is 6.40. The first-order valence-corrected chi connectivity index (χ1v) is 12.0. The quantitative estimate of drug-likeness (QED) is 0.376. The van der Waals surface area contributed by atoms with E-state index in [9.17, 15) is 14.0 Å². The van der Waals surface area contributed by atoms with Gasteiger partial charge in [-0.3, -0.25) is 19.5 Å². The Labute approximate surface area is 209 Å². The van der Waals surface area contributed by atoms with Crippen molar-refractivity contribution < 1.29 is 14.0 Å². The van der Waals surface area contributed by atoms with Crippen LogP contribution >= 0.6 is 0 Å². The Morgan fingerprint density at radius 1 is 1.00 bits per heavy atom. The van der Waals surface area contributed by atoms with Gasteiger partial charge in [0.15, 0.2) is 0 Å². The molecule has 1 fully saturated rings. The second kappa shape index (κ2) is 9.77. The largest absolute Gasteiger partial charge is 0.326 e. The van der Waals surface area contributed by atoms with Gasteiger partial charge in [-0.25, -0.2) is 9.37 Å². The number of aryl methyl sites for hydroxylation is 2. The maximum absolute atomic E-state index is 14.4. The van der Waals surface area contributed by atoms with Gasteiger partial charge >= 0.3 is 0 Å². The lowest BCUT2D eigenvalue weighted by Crippen LogP contribution is -2.40. The summed E-state index contributed by atoms with van der Waals surface area (Å²) in [4.78, 5) is 32.7. The smallest absolute Gasteiger partial charge is 0.254 e. The lowest BCUT2D eigenvalue weighted by molar-refractivity contribution is -0.117. The van der Waals surface area contributed by atoms with Crippen molar-refractivity contribution >= 4 is 17.8 Å². The fourth-order valence-electron chi connectivity index (χ4n) is 4.18. The summed E-state index contributed by atoms with van der Waals surface area (Å²) >= 11 is 0. The van der Waals surface area contributed by atoms with Crippen LogP contribution in [0.3, 0.4) is 0 Å². The summed E-state index contributed by atoms with van der Waals surface area (Å²) in [6.07, 6.45) is 3.52. The van der Waals surface area contributed by atoms with Gasteiger partial charge in [0.2, 0.25) is 11.9 Å². The first-order valence-electron chi connectivity index (χ1n) is 12.0. The number of nitrogens with zero attached hydrogens (tertiary/aromatic N) is 3. The van der Waals surface area contributed by atoms with Crippen LogP contribution in [0, 0.1) is 19.7 Å². The van der Waals surface area contributed by atoms with Gasteiger partial charge in [-0.05, 0) is 56.0 Å². The molecule has 1 aromatic heterocycles. The molecule has 3 aromatic carbocycles. The van der Waals surface area contributed by atoms with Gasteiger partial charge in [0.05, 0.1) is 11.4 Å². The van der Waals surface area contributed by atoms with Crippen LogP contribution in [-0.2, 0) is 4.79 Å². The van der Waals surface area contributed by atoms with Gasteiger partial charge in [0.25, 0.3) is 5.91 Å². The van der Waals surface area contributed by atoms with Gasteiger partial charge in [-0.1, -0.05) is 54.6 Å². The molecule has 0 aliphatic heterocycles. The van der Waals surface area contributed by atoms with E-state index in [0.717, 1.165) is 24.0 Å². The molecule has 0 atom stereocenters. The molecule has 36 heavy (non-hydrogen) atoms. The van der Waals surface area contributed by atoms with Crippen LogP contribution < -0.4 is 5.32 Å². The van der Waals surface area contributed by atoms with Crippen LogP contribution in [0.2, 0.25) is 0 Å². The van der Waals surface area contributed by atoms with E-state index in [4.69, 9.17) is 0 Å². The molecular weight excluding hydrogens is 455 g/mol. The second-order valence-corrected chi connectivity index (χ2v) is 9.15. The number of imidazole rings is 1. The Kier molecular flexibility index (Phi) is 6.38. The topological polar surface area (TPSA) is 67.2 Å². The van der Waals surface area contributed by atoms with Gasteiger partial charge in [0.1, 0.15) is 12.4 Å². The molecule has 4 aromatic rings. The first kappa shape index (κ1) is 23.5. The maximum atomic E-state index is 14.4. The van der Waals surface area contributed by atoms with E-state index < -0.39 is 0 Å². The van der Waals surface area contributed by atoms with Gasteiger partial charge in [-0.15, -0.1) is 0 Å². The zero-order valence-electron chi connectivity index (χ0n) is 20.2. The van der Waals surface area contributed by atoms with Crippen molar-refractivity contribution in [2.45, 2.75) is 32.7 Å². The molecule has 0 radical (unpaired) electrons. The molecule has 1 aliphatic carbocycles. The van der Waals surface area contributed by atoms with E-state index in [1.54, 1.807) is 40.8 Å². The summed E-state index contributed by atoms with van der Waals surface area (Å²) in [5.74, 6) is -0.591. The van der Waals surface area contributed by atoms with Crippen molar-refractivity contribution in [1.82, 2.24) is 14.5 Å². The number of carbonyl (C=O) groups excluding carboxylic acids is 2. The molecule has 0 spiro atoms. The maximum Gasteiger partial charge on any atom is 0.254 e. The Bertz CT molecular complexity index is 1430. The summed E-state index contributed by atoms with van der Waals surface area (Å²) in [6, 6.07) is 21.9. The third kappa shape index (κ3) is 4.91. The van der Waals surface area contributed by atoms with Crippen LogP contribution in [0.15, 0.2) is 79.0 Å². The molecule has 1 N–H and O–H groups in total. The minimum absolute atomic E-state index is 0.0497. The highest BCUT2D eigenvalue weighted by atomic mass is 19.1. The molecular formula is C29H27FN4O2. The lowest BCUT2D eigenvalue weighted by atomic mass is 10.1. The van der Waals surface area contributed by atoms with Crippen molar-refractivity contribution in [3.05, 3.63) is 102 Å². The van der Waals surface area contributed by atoms with Crippen molar-refractivity contribution in [3.63, 3.8) is 0 Å². The zero-order valence-corrected chi connectivity index (χ0v) is 20.2. The molecule has 1 aliphatic rings. The number of aromatic nitrogens is 2. The van der Waals surface area contributed by atoms with Gasteiger partial charge in [0, 0.05) is 23.4 Å². The SMILES string of the molecule is Cc1ccc(-n2cc(-c3ccccc3)nc2NC(=O)CN(C(=O)c2ccccc2C)C2CC2)cc1F. The van der Waals surface area contributed by atoms with E-state index >= 15 is 0 Å². The Balaban J connectivity index is 1.43. The third-order valence-corrected chi connectivity index (χ3v) is 6.40. The van der Waals surface area contributed by atoms with E-state index in [-0.39, 0.29) is 36.2 Å². The number of benzene rings is 3. The fourth-order valence-corrected chi connectivity index (χ4v) is 4.18. The zero-order chi connectivity index (χ0) is 25.2. The Hall–Kier alpha value is -4.26. The Morgan fingerprint density at radius 2 is 1.72 bits per heavy atom. The van der Waals surface area contributed by atoms with Gasteiger partial charge < -0.3 is 4.90 Å². The predicted octanol–water partition coefficient (Wildman–Crippen LogP) is 5.54. The molecule has 6 nitrogen and oxygen atoms in total. The van der Waals surface area contributed by atoms with Crippen molar-refractivity contribution in [1.29, 1.82) is 0 Å². The van der Waals surface area contributed by atoms with Crippen molar-refractivity contribution in [2.75, 3.05) is 11.9 Å². The highest BCUT2D eigenvalue weighted by Gasteiger charge is 2.35. The summed E-state index contributed by atoms with van der Waals surface area (Å²) in [5.41, 5.74) is 4.05.